The van der Waals surface area contributed by atoms with Crippen molar-refractivity contribution in [1.82, 2.24) is 5.32 Å². The fourth-order valence-electron chi connectivity index (χ4n) is 1.98. The lowest BCUT2D eigenvalue weighted by atomic mass is 10.2. The van der Waals surface area contributed by atoms with Gasteiger partial charge in [-0.2, -0.15) is 13.2 Å². The Morgan fingerprint density at radius 1 is 1.40 bits per heavy atom. The van der Waals surface area contributed by atoms with Crippen LogP contribution >= 0.6 is 11.8 Å². The largest absolute Gasteiger partial charge is 0.398 e. The molecule has 1 amide bonds. The Bertz CT molecular complexity index is 473. The molecule has 1 aromatic carbocycles. The summed E-state index contributed by atoms with van der Waals surface area (Å²) in [6.07, 6.45) is -2.54. The van der Waals surface area contributed by atoms with Crippen molar-refractivity contribution in [2.45, 2.75) is 30.0 Å². The van der Waals surface area contributed by atoms with Gasteiger partial charge in [0.05, 0.1) is 17.5 Å². The van der Waals surface area contributed by atoms with E-state index in [1.165, 1.54) is 0 Å². The standard InChI is InChI=1S/C13H15F3N2OS/c14-13(15,16)8-20-11-6-2-1-4-9(11)18-12(19)10-5-3-7-17-10/h1-2,4,6,10,17H,3,5,7-8H2,(H,18,19). The third kappa shape index (κ3) is 4.42. The number of nitrogens with one attached hydrogen (secondary N) is 2. The second-order valence-corrected chi connectivity index (χ2v) is 5.56. The number of amides is 1. The molecule has 0 saturated carbocycles. The summed E-state index contributed by atoms with van der Waals surface area (Å²) < 4.78 is 36.8. The van der Waals surface area contributed by atoms with Crippen LogP contribution in [-0.4, -0.2) is 30.4 Å². The molecule has 0 spiro atoms. The smallest absolute Gasteiger partial charge is 0.324 e. The van der Waals surface area contributed by atoms with E-state index in [1.807, 2.05) is 0 Å². The molecule has 110 valence electrons. The number of hydrogen-bond acceptors (Lipinski definition) is 3. The van der Waals surface area contributed by atoms with Gasteiger partial charge in [0, 0.05) is 4.90 Å². The molecule has 1 aliphatic rings. The lowest BCUT2D eigenvalue weighted by molar-refractivity contribution is -0.117. The lowest BCUT2D eigenvalue weighted by Gasteiger charge is -2.14. The summed E-state index contributed by atoms with van der Waals surface area (Å²) in [5.74, 6) is -1.16. The van der Waals surface area contributed by atoms with Crippen LogP contribution in [0.4, 0.5) is 18.9 Å². The molecule has 0 aromatic heterocycles. The molecular weight excluding hydrogens is 289 g/mol. The number of hydrogen-bond donors (Lipinski definition) is 2. The number of anilines is 1. The maximum Gasteiger partial charge on any atom is 0.398 e. The van der Waals surface area contributed by atoms with Gasteiger partial charge in [-0.15, -0.1) is 11.8 Å². The highest BCUT2D eigenvalue weighted by molar-refractivity contribution is 7.99. The van der Waals surface area contributed by atoms with E-state index in [9.17, 15) is 18.0 Å². The summed E-state index contributed by atoms with van der Waals surface area (Å²) in [5.41, 5.74) is 0.431. The topological polar surface area (TPSA) is 41.1 Å². The summed E-state index contributed by atoms with van der Waals surface area (Å²) in [4.78, 5) is 12.4. The summed E-state index contributed by atoms with van der Waals surface area (Å²) >= 11 is 0.678. The van der Waals surface area contributed by atoms with E-state index in [4.69, 9.17) is 0 Å². The number of halogens is 3. The fourth-order valence-corrected chi connectivity index (χ4v) is 2.75. The first kappa shape index (κ1) is 15.2. The Kier molecular flexibility index (Phi) is 4.93. The number of benzene rings is 1. The molecule has 7 heteroatoms. The highest BCUT2D eigenvalue weighted by atomic mass is 32.2. The number of carbonyl (C=O) groups excluding carboxylic acids is 1. The monoisotopic (exact) mass is 304 g/mol. The van der Waals surface area contributed by atoms with E-state index in [1.54, 1.807) is 24.3 Å². The Hall–Kier alpha value is -1.21. The van der Waals surface area contributed by atoms with E-state index in [0.717, 1.165) is 19.4 Å². The highest BCUT2D eigenvalue weighted by Gasteiger charge is 2.28. The number of alkyl halides is 3. The van der Waals surface area contributed by atoms with Gasteiger partial charge in [0.15, 0.2) is 0 Å². The molecule has 1 heterocycles. The molecule has 2 rings (SSSR count). The molecule has 1 atom stereocenters. The first-order valence-corrected chi connectivity index (χ1v) is 7.27. The zero-order valence-electron chi connectivity index (χ0n) is 10.7. The predicted octanol–water partition coefficient (Wildman–Crippen LogP) is 3.03. The van der Waals surface area contributed by atoms with Gasteiger partial charge < -0.3 is 10.6 Å². The van der Waals surface area contributed by atoms with Gasteiger partial charge in [0.2, 0.25) is 5.91 Å². The van der Waals surface area contributed by atoms with Crippen molar-refractivity contribution in [2.75, 3.05) is 17.6 Å². The molecular formula is C13H15F3N2OS. The third-order valence-corrected chi connectivity index (χ3v) is 4.05. The SMILES string of the molecule is O=C(Nc1ccccc1SCC(F)(F)F)C1CCCN1. The van der Waals surface area contributed by atoms with Crippen molar-refractivity contribution in [3.63, 3.8) is 0 Å². The number of rotatable bonds is 4. The maximum atomic E-state index is 12.3. The molecule has 1 aromatic rings. The second kappa shape index (κ2) is 6.49. The second-order valence-electron chi connectivity index (χ2n) is 4.54. The van der Waals surface area contributed by atoms with Crippen LogP contribution in [0.2, 0.25) is 0 Å². The van der Waals surface area contributed by atoms with Crippen LogP contribution < -0.4 is 10.6 Å². The van der Waals surface area contributed by atoms with Gasteiger partial charge in [0.25, 0.3) is 0 Å². The Morgan fingerprint density at radius 3 is 2.80 bits per heavy atom. The minimum Gasteiger partial charge on any atom is -0.324 e. The predicted molar refractivity (Wildman–Crippen MR) is 72.9 cm³/mol. The Balaban J connectivity index is 2.01. The van der Waals surface area contributed by atoms with Crippen LogP contribution in [0.3, 0.4) is 0 Å². The van der Waals surface area contributed by atoms with E-state index in [0.29, 0.717) is 22.3 Å². The molecule has 20 heavy (non-hydrogen) atoms. The molecule has 2 N–H and O–H groups in total. The van der Waals surface area contributed by atoms with Crippen molar-refractivity contribution in [3.8, 4) is 0 Å². The minimum atomic E-state index is -4.23. The quantitative estimate of drug-likeness (QED) is 0.840. The Labute approximate surface area is 119 Å². The van der Waals surface area contributed by atoms with Crippen LogP contribution in [0.25, 0.3) is 0 Å². The molecule has 0 aliphatic carbocycles. The molecule has 0 bridgehead atoms. The van der Waals surface area contributed by atoms with Crippen molar-refractivity contribution < 1.29 is 18.0 Å². The van der Waals surface area contributed by atoms with Gasteiger partial charge in [0.1, 0.15) is 0 Å². The molecule has 3 nitrogen and oxygen atoms in total. The van der Waals surface area contributed by atoms with Crippen LogP contribution in [0, 0.1) is 0 Å². The van der Waals surface area contributed by atoms with Crippen LogP contribution in [0.1, 0.15) is 12.8 Å². The maximum absolute atomic E-state index is 12.3. The fraction of sp³-hybridized carbons (Fsp3) is 0.462. The molecule has 1 aliphatic heterocycles. The van der Waals surface area contributed by atoms with Crippen LogP contribution in [0.5, 0.6) is 0 Å². The van der Waals surface area contributed by atoms with Crippen LogP contribution in [-0.2, 0) is 4.79 Å². The van der Waals surface area contributed by atoms with E-state index >= 15 is 0 Å². The third-order valence-electron chi connectivity index (χ3n) is 2.91. The number of thioether (sulfide) groups is 1. The van der Waals surface area contributed by atoms with E-state index in [2.05, 4.69) is 10.6 Å². The summed E-state index contributed by atoms with van der Waals surface area (Å²) in [6, 6.07) is 6.28. The molecule has 1 fully saturated rings. The lowest BCUT2D eigenvalue weighted by Crippen LogP contribution is -2.35. The van der Waals surface area contributed by atoms with Crippen molar-refractivity contribution in [3.05, 3.63) is 24.3 Å². The average Bonchev–Trinajstić information content (AvgIpc) is 2.90. The van der Waals surface area contributed by atoms with E-state index in [-0.39, 0.29) is 11.9 Å². The van der Waals surface area contributed by atoms with Gasteiger partial charge in [-0.3, -0.25) is 4.79 Å². The zero-order chi connectivity index (χ0) is 14.6. The zero-order valence-corrected chi connectivity index (χ0v) is 11.5. The molecule has 1 unspecified atom stereocenters. The first-order chi connectivity index (χ1) is 9.46. The van der Waals surface area contributed by atoms with Gasteiger partial charge >= 0.3 is 6.18 Å². The van der Waals surface area contributed by atoms with Crippen molar-refractivity contribution in [1.29, 1.82) is 0 Å². The van der Waals surface area contributed by atoms with Crippen LogP contribution in [0.15, 0.2) is 29.2 Å². The van der Waals surface area contributed by atoms with Crippen molar-refractivity contribution in [2.24, 2.45) is 0 Å². The molecule has 1 saturated heterocycles. The number of carbonyl (C=O) groups is 1. The van der Waals surface area contributed by atoms with Crippen molar-refractivity contribution >= 4 is 23.4 Å². The average molecular weight is 304 g/mol. The van der Waals surface area contributed by atoms with Gasteiger partial charge in [-0.05, 0) is 31.5 Å². The summed E-state index contributed by atoms with van der Waals surface area (Å²) in [5, 5.41) is 5.75. The summed E-state index contributed by atoms with van der Waals surface area (Å²) in [6.45, 7) is 0.794. The highest BCUT2D eigenvalue weighted by Crippen LogP contribution is 2.32. The van der Waals surface area contributed by atoms with E-state index < -0.39 is 11.9 Å². The number of para-hydroxylation sites is 1. The Morgan fingerprint density at radius 2 is 2.15 bits per heavy atom. The van der Waals surface area contributed by atoms with Gasteiger partial charge in [-0.1, -0.05) is 12.1 Å². The van der Waals surface area contributed by atoms with Gasteiger partial charge in [-0.25, -0.2) is 0 Å². The first-order valence-electron chi connectivity index (χ1n) is 6.28. The minimum absolute atomic E-state index is 0.192. The normalized spacial score (nSPS) is 19.1. The molecule has 0 radical (unpaired) electrons. The summed E-state index contributed by atoms with van der Waals surface area (Å²) in [7, 11) is 0.